The van der Waals surface area contributed by atoms with E-state index < -0.39 is 0 Å². The quantitative estimate of drug-likeness (QED) is 0.679. The molecule has 1 heterocycles. The third-order valence-electron chi connectivity index (χ3n) is 3.96. The topological polar surface area (TPSA) is 42.0 Å². The molecule has 2 aromatic carbocycles. The van der Waals surface area contributed by atoms with E-state index >= 15 is 0 Å². The summed E-state index contributed by atoms with van der Waals surface area (Å²) in [6.07, 6.45) is 5.43. The average molecular weight is 348 g/mol. The number of thioether (sulfide) groups is 1. The maximum Gasteiger partial charge on any atom is 0.253 e. The van der Waals surface area contributed by atoms with Crippen LogP contribution in [0, 0.1) is 6.92 Å². The van der Waals surface area contributed by atoms with E-state index in [0.717, 1.165) is 16.7 Å². The molecule has 4 heteroatoms. The highest BCUT2D eigenvalue weighted by Crippen LogP contribution is 2.20. The van der Waals surface area contributed by atoms with Gasteiger partial charge in [-0.05, 0) is 42.5 Å². The minimum absolute atomic E-state index is 0.115. The number of hydrogen-bond donors (Lipinski definition) is 1. The number of nitrogens with zero attached hydrogens (tertiary/aromatic N) is 1. The van der Waals surface area contributed by atoms with Crippen LogP contribution in [0.1, 0.15) is 21.5 Å². The zero-order chi connectivity index (χ0) is 17.6. The Hall–Kier alpha value is -2.59. The molecular formula is C21H20N2OS. The Balaban J connectivity index is 1.70. The lowest BCUT2D eigenvalue weighted by Gasteiger charge is -2.08. The molecule has 0 saturated heterocycles. The highest BCUT2D eigenvalue weighted by Gasteiger charge is 2.08. The van der Waals surface area contributed by atoms with Crippen molar-refractivity contribution in [2.24, 2.45) is 0 Å². The van der Waals surface area contributed by atoms with E-state index in [1.165, 1.54) is 10.5 Å². The summed E-state index contributed by atoms with van der Waals surface area (Å²) < 4.78 is 0. The van der Waals surface area contributed by atoms with E-state index in [4.69, 9.17) is 0 Å². The molecular weight excluding hydrogens is 328 g/mol. The normalized spacial score (nSPS) is 10.5. The van der Waals surface area contributed by atoms with Crippen molar-refractivity contribution in [1.29, 1.82) is 0 Å². The first kappa shape index (κ1) is 17.2. The summed E-state index contributed by atoms with van der Waals surface area (Å²) in [6, 6.07) is 18.3. The van der Waals surface area contributed by atoms with Crippen LogP contribution in [0.4, 0.5) is 0 Å². The molecule has 3 nitrogen and oxygen atoms in total. The standard InChI is InChI=1S/C21H20N2OS/c1-15-4-3-5-17(10-15)18-11-19(14-22-13-18)21(24)23-12-16-6-8-20(25-2)9-7-16/h3-11,13-14H,12H2,1-2H3,(H,23,24). The Bertz CT molecular complexity index is 875. The molecule has 0 aliphatic carbocycles. The fraction of sp³-hybridized carbons (Fsp3) is 0.143. The molecule has 0 bridgehead atoms. The molecule has 0 aliphatic rings. The molecule has 0 fully saturated rings. The summed E-state index contributed by atoms with van der Waals surface area (Å²) in [5.74, 6) is -0.115. The second-order valence-corrected chi connectivity index (χ2v) is 6.74. The van der Waals surface area contributed by atoms with Gasteiger partial charge in [-0.25, -0.2) is 0 Å². The highest BCUT2D eigenvalue weighted by molar-refractivity contribution is 7.98. The predicted octanol–water partition coefficient (Wildman–Crippen LogP) is 4.71. The lowest BCUT2D eigenvalue weighted by Crippen LogP contribution is -2.22. The van der Waals surface area contributed by atoms with Gasteiger partial charge in [0.25, 0.3) is 5.91 Å². The third-order valence-corrected chi connectivity index (χ3v) is 4.71. The number of rotatable bonds is 5. The summed E-state index contributed by atoms with van der Waals surface area (Å²) in [5, 5.41) is 2.96. The molecule has 0 aliphatic heterocycles. The molecule has 0 radical (unpaired) electrons. The molecule has 25 heavy (non-hydrogen) atoms. The Labute approximate surface area is 152 Å². The lowest BCUT2D eigenvalue weighted by atomic mass is 10.0. The van der Waals surface area contributed by atoms with Crippen LogP contribution in [0.25, 0.3) is 11.1 Å². The Morgan fingerprint density at radius 1 is 1.04 bits per heavy atom. The first-order valence-corrected chi connectivity index (χ1v) is 9.31. The molecule has 1 N–H and O–H groups in total. The van der Waals surface area contributed by atoms with Crippen molar-refractivity contribution in [3.05, 3.63) is 83.7 Å². The zero-order valence-electron chi connectivity index (χ0n) is 14.3. The minimum atomic E-state index is -0.115. The minimum Gasteiger partial charge on any atom is -0.348 e. The monoisotopic (exact) mass is 348 g/mol. The first-order valence-electron chi connectivity index (χ1n) is 8.09. The van der Waals surface area contributed by atoms with E-state index in [9.17, 15) is 4.79 Å². The maximum atomic E-state index is 12.4. The summed E-state index contributed by atoms with van der Waals surface area (Å²) in [4.78, 5) is 17.9. The van der Waals surface area contributed by atoms with E-state index in [0.29, 0.717) is 12.1 Å². The molecule has 0 saturated carbocycles. The Morgan fingerprint density at radius 2 is 1.84 bits per heavy atom. The molecule has 3 aromatic rings. The maximum absolute atomic E-state index is 12.4. The zero-order valence-corrected chi connectivity index (χ0v) is 15.1. The van der Waals surface area contributed by atoms with Gasteiger partial charge in [-0.1, -0.05) is 42.0 Å². The van der Waals surface area contributed by atoms with E-state index in [-0.39, 0.29) is 5.91 Å². The largest absolute Gasteiger partial charge is 0.348 e. The Kier molecular flexibility index (Phi) is 5.51. The van der Waals surface area contributed by atoms with E-state index in [1.54, 1.807) is 24.2 Å². The predicted molar refractivity (Wildman–Crippen MR) is 104 cm³/mol. The second-order valence-electron chi connectivity index (χ2n) is 5.86. The molecule has 3 rings (SSSR count). The van der Waals surface area contributed by atoms with Gasteiger partial charge in [-0.15, -0.1) is 11.8 Å². The number of nitrogens with one attached hydrogen (secondary N) is 1. The number of aryl methyl sites for hydroxylation is 1. The second kappa shape index (κ2) is 7.99. The highest BCUT2D eigenvalue weighted by atomic mass is 32.2. The van der Waals surface area contributed by atoms with Crippen LogP contribution in [0.15, 0.2) is 71.9 Å². The summed E-state index contributed by atoms with van der Waals surface area (Å²) in [7, 11) is 0. The molecule has 126 valence electrons. The molecule has 0 spiro atoms. The van der Waals surface area contributed by atoms with Crippen LogP contribution in [0.5, 0.6) is 0 Å². The molecule has 1 aromatic heterocycles. The van der Waals surface area contributed by atoms with Crippen LogP contribution in [-0.2, 0) is 6.54 Å². The third kappa shape index (κ3) is 4.48. The fourth-order valence-electron chi connectivity index (χ4n) is 2.57. The smallest absolute Gasteiger partial charge is 0.253 e. The van der Waals surface area contributed by atoms with Gasteiger partial charge in [-0.2, -0.15) is 0 Å². The van der Waals surface area contributed by atoms with Crippen molar-refractivity contribution < 1.29 is 4.79 Å². The van der Waals surface area contributed by atoms with Crippen LogP contribution in [0.2, 0.25) is 0 Å². The van der Waals surface area contributed by atoms with E-state index in [2.05, 4.69) is 41.5 Å². The van der Waals surface area contributed by atoms with Gasteiger partial charge >= 0.3 is 0 Å². The lowest BCUT2D eigenvalue weighted by molar-refractivity contribution is 0.0950. The number of pyridine rings is 1. The summed E-state index contributed by atoms with van der Waals surface area (Å²) in [6.45, 7) is 2.55. The van der Waals surface area contributed by atoms with Crippen molar-refractivity contribution in [3.63, 3.8) is 0 Å². The van der Waals surface area contributed by atoms with Crippen LogP contribution in [-0.4, -0.2) is 17.1 Å². The molecule has 0 atom stereocenters. The van der Waals surface area contributed by atoms with Gasteiger partial charge in [0.15, 0.2) is 0 Å². The number of carbonyl (C=O) groups excluding carboxylic acids is 1. The molecule has 1 amide bonds. The average Bonchev–Trinajstić information content (AvgIpc) is 2.66. The van der Waals surface area contributed by atoms with Crippen LogP contribution >= 0.6 is 11.8 Å². The van der Waals surface area contributed by atoms with Crippen LogP contribution < -0.4 is 5.32 Å². The van der Waals surface area contributed by atoms with Gasteiger partial charge in [0.2, 0.25) is 0 Å². The van der Waals surface area contributed by atoms with Gasteiger partial charge in [-0.3, -0.25) is 9.78 Å². The number of aromatic nitrogens is 1. The van der Waals surface area contributed by atoms with E-state index in [1.807, 2.05) is 36.6 Å². The number of amides is 1. The van der Waals surface area contributed by atoms with Crippen molar-refractivity contribution in [2.75, 3.05) is 6.26 Å². The number of benzene rings is 2. The SMILES string of the molecule is CSc1ccc(CNC(=O)c2cncc(-c3cccc(C)c3)c2)cc1. The van der Waals surface area contributed by atoms with Gasteiger partial charge in [0.05, 0.1) is 5.56 Å². The van der Waals surface area contributed by atoms with Crippen LogP contribution in [0.3, 0.4) is 0 Å². The van der Waals surface area contributed by atoms with Crippen molar-refractivity contribution in [1.82, 2.24) is 10.3 Å². The molecule has 0 unspecified atom stereocenters. The fourth-order valence-corrected chi connectivity index (χ4v) is 2.98. The van der Waals surface area contributed by atoms with Gasteiger partial charge in [0.1, 0.15) is 0 Å². The van der Waals surface area contributed by atoms with Crippen molar-refractivity contribution in [2.45, 2.75) is 18.4 Å². The summed E-state index contributed by atoms with van der Waals surface area (Å²) in [5.41, 5.74) is 4.84. The number of carbonyl (C=O) groups is 1. The van der Waals surface area contributed by atoms with Crippen molar-refractivity contribution >= 4 is 17.7 Å². The number of hydrogen-bond acceptors (Lipinski definition) is 3. The Morgan fingerprint density at radius 3 is 2.56 bits per heavy atom. The van der Waals surface area contributed by atoms with Gasteiger partial charge < -0.3 is 5.32 Å². The first-order chi connectivity index (χ1) is 12.2. The van der Waals surface area contributed by atoms with Gasteiger partial charge in [0, 0.05) is 29.4 Å². The summed E-state index contributed by atoms with van der Waals surface area (Å²) >= 11 is 1.70. The van der Waals surface area contributed by atoms with Crippen molar-refractivity contribution in [3.8, 4) is 11.1 Å².